The molecule has 4 nitrogen and oxygen atoms in total. The molecule has 2 amide bonds. The number of hydrogen-bond donors (Lipinski definition) is 1. The van der Waals surface area contributed by atoms with Crippen LogP contribution < -0.4 is 0 Å². The van der Waals surface area contributed by atoms with Crippen molar-refractivity contribution in [2.45, 2.75) is 19.3 Å². The minimum atomic E-state index is -0.359. The van der Waals surface area contributed by atoms with Crippen molar-refractivity contribution in [3.05, 3.63) is 0 Å². The lowest BCUT2D eigenvalue weighted by Gasteiger charge is -2.18. The molecule has 0 spiro atoms. The van der Waals surface area contributed by atoms with E-state index in [1.54, 1.807) is 0 Å². The van der Waals surface area contributed by atoms with Crippen LogP contribution in [0.1, 0.15) is 19.3 Å². The Morgan fingerprint density at radius 3 is 2.00 bits per heavy atom. The molecule has 0 aromatic heterocycles. The predicted octanol–water partition coefficient (Wildman–Crippen LogP) is 0.407. The van der Waals surface area contributed by atoms with Crippen LogP contribution in [0, 0.1) is 23.7 Å². The highest BCUT2D eigenvalue weighted by molar-refractivity contribution is 6.04. The number of imide groups is 1. The Balaban J connectivity index is 2.03. The third kappa shape index (κ3) is 0.705. The standard InChI is InChI=1S/C9H11NO3/c11-8-6-4-1-2-5(3-4)7(6)9(12)10(8)13/h4-7,13H,1-3H2/t4-,5+,6+,7-. The summed E-state index contributed by atoms with van der Waals surface area (Å²) in [5.41, 5.74) is 0. The summed E-state index contributed by atoms with van der Waals surface area (Å²) in [5, 5.41) is 9.52. The lowest BCUT2D eigenvalue weighted by atomic mass is 9.81. The van der Waals surface area contributed by atoms with Crippen molar-refractivity contribution in [1.29, 1.82) is 0 Å². The van der Waals surface area contributed by atoms with Crippen molar-refractivity contribution < 1.29 is 14.8 Å². The largest absolute Gasteiger partial charge is 0.278 e. The molecule has 3 aliphatic rings. The van der Waals surface area contributed by atoms with E-state index in [4.69, 9.17) is 5.21 Å². The van der Waals surface area contributed by atoms with Crippen LogP contribution in [0.15, 0.2) is 0 Å². The molecule has 0 unspecified atom stereocenters. The fourth-order valence-corrected chi connectivity index (χ4v) is 3.39. The number of amides is 2. The number of fused-ring (bicyclic) bond motifs is 5. The van der Waals surface area contributed by atoms with Gasteiger partial charge in [0.2, 0.25) is 0 Å². The Kier molecular flexibility index (Phi) is 1.22. The van der Waals surface area contributed by atoms with Gasteiger partial charge in [-0.1, -0.05) is 0 Å². The number of carbonyl (C=O) groups excluding carboxylic acids is 2. The van der Waals surface area contributed by atoms with Crippen molar-refractivity contribution in [3.63, 3.8) is 0 Å². The monoisotopic (exact) mass is 181 g/mol. The van der Waals surface area contributed by atoms with Gasteiger partial charge in [0.15, 0.2) is 0 Å². The summed E-state index contributed by atoms with van der Waals surface area (Å²) in [6.45, 7) is 0. The summed E-state index contributed by atoms with van der Waals surface area (Å²) in [5.74, 6) is -0.357. The second-order valence-corrected chi connectivity index (χ2v) is 4.37. The Morgan fingerprint density at radius 2 is 1.54 bits per heavy atom. The van der Waals surface area contributed by atoms with E-state index in [1.807, 2.05) is 0 Å². The average molecular weight is 181 g/mol. The highest BCUT2D eigenvalue weighted by Gasteiger charge is 2.60. The van der Waals surface area contributed by atoms with Crippen LogP contribution >= 0.6 is 0 Å². The summed E-state index contributed by atoms with van der Waals surface area (Å²) in [6, 6.07) is 0. The van der Waals surface area contributed by atoms with E-state index in [-0.39, 0.29) is 23.7 Å². The van der Waals surface area contributed by atoms with Crippen molar-refractivity contribution in [2.75, 3.05) is 0 Å². The molecule has 1 N–H and O–H groups in total. The fourth-order valence-electron chi connectivity index (χ4n) is 3.39. The van der Waals surface area contributed by atoms with Gasteiger partial charge in [-0.15, -0.1) is 0 Å². The summed E-state index contributed by atoms with van der Waals surface area (Å²) < 4.78 is 0. The van der Waals surface area contributed by atoms with Gasteiger partial charge < -0.3 is 0 Å². The van der Waals surface area contributed by atoms with Crippen LogP contribution in [0.2, 0.25) is 0 Å². The van der Waals surface area contributed by atoms with Gasteiger partial charge in [0.1, 0.15) is 0 Å². The molecule has 1 aliphatic heterocycles. The summed E-state index contributed by atoms with van der Waals surface area (Å²) in [4.78, 5) is 22.9. The Bertz CT molecular complexity index is 273. The predicted molar refractivity (Wildman–Crippen MR) is 41.5 cm³/mol. The molecule has 13 heavy (non-hydrogen) atoms. The van der Waals surface area contributed by atoms with Gasteiger partial charge in [-0.2, -0.15) is 5.06 Å². The van der Waals surface area contributed by atoms with E-state index in [9.17, 15) is 9.59 Å². The molecule has 0 aromatic carbocycles. The number of hydroxylamine groups is 2. The highest BCUT2D eigenvalue weighted by atomic mass is 16.5. The number of rotatable bonds is 0. The van der Waals surface area contributed by atoms with Crippen molar-refractivity contribution in [3.8, 4) is 0 Å². The Morgan fingerprint density at radius 1 is 1.08 bits per heavy atom. The molecule has 1 heterocycles. The first-order valence-electron chi connectivity index (χ1n) is 4.77. The number of nitrogens with zero attached hydrogens (tertiary/aromatic N) is 1. The van der Waals surface area contributed by atoms with Crippen LogP contribution in [0.5, 0.6) is 0 Å². The molecule has 4 heteroatoms. The molecular formula is C9H11NO3. The molecular weight excluding hydrogens is 170 g/mol. The first-order valence-corrected chi connectivity index (χ1v) is 4.77. The highest BCUT2D eigenvalue weighted by Crippen LogP contribution is 2.55. The maximum Gasteiger partial charge on any atom is 0.257 e. The van der Waals surface area contributed by atoms with E-state index in [2.05, 4.69) is 0 Å². The summed E-state index contributed by atoms with van der Waals surface area (Å²) >= 11 is 0. The van der Waals surface area contributed by atoms with Gasteiger partial charge in [0.05, 0.1) is 11.8 Å². The fraction of sp³-hybridized carbons (Fsp3) is 0.778. The minimum Gasteiger partial charge on any atom is -0.278 e. The zero-order valence-electron chi connectivity index (χ0n) is 7.14. The Hall–Kier alpha value is -0.900. The van der Waals surface area contributed by atoms with Crippen molar-refractivity contribution >= 4 is 11.8 Å². The van der Waals surface area contributed by atoms with E-state index in [0.29, 0.717) is 16.9 Å². The normalized spacial score (nSPS) is 47.6. The lowest BCUT2D eigenvalue weighted by molar-refractivity contribution is -0.174. The summed E-state index contributed by atoms with van der Waals surface area (Å²) in [7, 11) is 0. The van der Waals surface area contributed by atoms with Gasteiger partial charge in [-0.25, -0.2) is 0 Å². The smallest absolute Gasteiger partial charge is 0.257 e. The van der Waals surface area contributed by atoms with E-state index in [0.717, 1.165) is 19.3 Å². The molecule has 3 fully saturated rings. The number of carbonyl (C=O) groups is 2. The van der Waals surface area contributed by atoms with Gasteiger partial charge >= 0.3 is 0 Å². The average Bonchev–Trinajstić information content (AvgIpc) is 2.76. The van der Waals surface area contributed by atoms with Crippen LogP contribution in [0.25, 0.3) is 0 Å². The lowest BCUT2D eigenvalue weighted by Crippen LogP contribution is -2.29. The maximum absolute atomic E-state index is 11.4. The molecule has 4 atom stereocenters. The summed E-state index contributed by atoms with van der Waals surface area (Å²) in [6.07, 6.45) is 3.12. The molecule has 2 bridgehead atoms. The Labute approximate surface area is 75.5 Å². The van der Waals surface area contributed by atoms with Crippen LogP contribution in [0.3, 0.4) is 0 Å². The van der Waals surface area contributed by atoms with E-state index in [1.165, 1.54) is 0 Å². The molecule has 2 aliphatic carbocycles. The van der Waals surface area contributed by atoms with Crippen LogP contribution in [0.4, 0.5) is 0 Å². The maximum atomic E-state index is 11.4. The molecule has 1 saturated heterocycles. The van der Waals surface area contributed by atoms with Gasteiger partial charge in [-0.05, 0) is 31.1 Å². The first kappa shape index (κ1) is 7.50. The zero-order valence-corrected chi connectivity index (χ0v) is 7.14. The third-order valence-corrected chi connectivity index (χ3v) is 3.90. The molecule has 2 saturated carbocycles. The van der Waals surface area contributed by atoms with Gasteiger partial charge in [0, 0.05) is 0 Å². The van der Waals surface area contributed by atoms with Crippen LogP contribution in [-0.4, -0.2) is 22.1 Å². The van der Waals surface area contributed by atoms with Crippen molar-refractivity contribution in [1.82, 2.24) is 5.06 Å². The zero-order chi connectivity index (χ0) is 9.16. The molecule has 3 rings (SSSR count). The second-order valence-electron chi connectivity index (χ2n) is 4.37. The SMILES string of the molecule is O=C1[C@@H]2[C@H]3CC[C@H](C3)[C@@H]2C(=O)N1O. The first-order chi connectivity index (χ1) is 6.20. The number of hydrogen-bond acceptors (Lipinski definition) is 3. The molecule has 70 valence electrons. The third-order valence-electron chi connectivity index (χ3n) is 3.90. The topological polar surface area (TPSA) is 57.6 Å². The molecule has 0 aromatic rings. The minimum absolute atomic E-state index is 0.184. The second kappa shape index (κ2) is 2.12. The van der Waals surface area contributed by atoms with Crippen LogP contribution in [-0.2, 0) is 9.59 Å². The quantitative estimate of drug-likeness (QED) is 0.435. The van der Waals surface area contributed by atoms with E-state index < -0.39 is 0 Å². The van der Waals surface area contributed by atoms with Gasteiger partial charge in [0.25, 0.3) is 11.8 Å². The van der Waals surface area contributed by atoms with E-state index >= 15 is 0 Å². The molecule has 0 radical (unpaired) electrons. The van der Waals surface area contributed by atoms with Gasteiger partial charge in [-0.3, -0.25) is 14.8 Å². The van der Waals surface area contributed by atoms with Crippen molar-refractivity contribution in [2.24, 2.45) is 23.7 Å².